The van der Waals surface area contributed by atoms with Crippen LogP contribution in [0.2, 0.25) is 5.15 Å². The number of nitrogens with zero attached hydrogens (tertiary/aromatic N) is 2. The average molecular weight is 383 g/mol. The fourth-order valence-electron chi connectivity index (χ4n) is 2.34. The molecule has 0 saturated heterocycles. The molecule has 2 rings (SSSR count). The highest BCUT2D eigenvalue weighted by molar-refractivity contribution is 9.10. The van der Waals surface area contributed by atoms with E-state index in [1.54, 1.807) is 13.1 Å². The lowest BCUT2D eigenvalue weighted by Crippen LogP contribution is -2.41. The molecule has 1 N–H and O–H groups in total. The van der Waals surface area contributed by atoms with Crippen LogP contribution in [-0.2, 0) is 10.2 Å². The van der Waals surface area contributed by atoms with Gasteiger partial charge in [0, 0.05) is 13.1 Å². The van der Waals surface area contributed by atoms with Crippen molar-refractivity contribution in [3.05, 3.63) is 21.9 Å². The molecule has 1 aliphatic rings. The Morgan fingerprint density at radius 2 is 2.05 bits per heavy atom. The molecular weight excluding hydrogens is 366 g/mol. The molecule has 0 bridgehead atoms. The van der Waals surface area contributed by atoms with Crippen molar-refractivity contribution in [2.75, 3.05) is 11.8 Å². The Kier molecular flexibility index (Phi) is 5.28. The van der Waals surface area contributed by atoms with Crippen LogP contribution >= 0.6 is 27.5 Å². The van der Waals surface area contributed by atoms with Gasteiger partial charge in [0.25, 0.3) is 0 Å². The van der Waals surface area contributed by atoms with E-state index in [-0.39, 0.29) is 6.04 Å². The van der Waals surface area contributed by atoms with Gasteiger partial charge in [0.2, 0.25) is 0 Å². The smallest absolute Gasteiger partial charge is 0.269 e. The molecular formula is C12H17BrClN3O2S. The number of nitrogens with one attached hydrogen (secondary N) is 1. The van der Waals surface area contributed by atoms with Crippen LogP contribution < -0.4 is 4.72 Å². The molecule has 0 aromatic carbocycles. The fourth-order valence-corrected chi connectivity index (χ4v) is 3.95. The van der Waals surface area contributed by atoms with E-state index < -0.39 is 10.2 Å². The Bertz CT molecular complexity index is 576. The van der Waals surface area contributed by atoms with Crippen LogP contribution in [-0.4, -0.2) is 30.8 Å². The lowest BCUT2D eigenvalue weighted by molar-refractivity contribution is 0.287. The quantitative estimate of drug-likeness (QED) is 0.812. The first-order valence-corrected chi connectivity index (χ1v) is 9.08. The van der Waals surface area contributed by atoms with Gasteiger partial charge in [-0.3, -0.25) is 4.72 Å². The van der Waals surface area contributed by atoms with Crippen molar-refractivity contribution in [1.29, 1.82) is 0 Å². The van der Waals surface area contributed by atoms with Crippen molar-refractivity contribution >= 4 is 43.4 Å². The molecule has 8 heteroatoms. The lowest BCUT2D eigenvalue weighted by Gasteiger charge is -2.30. The first kappa shape index (κ1) is 16.0. The zero-order valence-electron chi connectivity index (χ0n) is 11.1. The van der Waals surface area contributed by atoms with Gasteiger partial charge in [-0.25, -0.2) is 4.98 Å². The Hall–Kier alpha value is -0.370. The van der Waals surface area contributed by atoms with E-state index >= 15 is 0 Å². The number of aromatic nitrogens is 1. The van der Waals surface area contributed by atoms with E-state index in [9.17, 15) is 8.42 Å². The van der Waals surface area contributed by atoms with Crippen molar-refractivity contribution in [1.82, 2.24) is 9.29 Å². The van der Waals surface area contributed by atoms with E-state index in [2.05, 4.69) is 25.6 Å². The van der Waals surface area contributed by atoms with Gasteiger partial charge < -0.3 is 0 Å². The molecule has 0 spiro atoms. The Morgan fingerprint density at radius 1 is 1.40 bits per heavy atom. The van der Waals surface area contributed by atoms with Crippen LogP contribution in [0.3, 0.4) is 0 Å². The molecule has 0 amide bonds. The summed E-state index contributed by atoms with van der Waals surface area (Å²) in [7, 11) is -1.94. The maximum Gasteiger partial charge on any atom is 0.301 e. The maximum atomic E-state index is 12.3. The highest BCUT2D eigenvalue weighted by Gasteiger charge is 2.27. The second-order valence-corrected chi connectivity index (χ2v) is 7.85. The van der Waals surface area contributed by atoms with E-state index in [0.29, 0.717) is 15.3 Å². The molecule has 1 aliphatic carbocycles. The Morgan fingerprint density at radius 3 is 2.65 bits per heavy atom. The molecule has 1 saturated carbocycles. The summed E-state index contributed by atoms with van der Waals surface area (Å²) in [6.07, 6.45) is 6.59. The van der Waals surface area contributed by atoms with Crippen molar-refractivity contribution in [2.24, 2.45) is 0 Å². The molecule has 20 heavy (non-hydrogen) atoms. The van der Waals surface area contributed by atoms with Crippen molar-refractivity contribution < 1.29 is 8.42 Å². The number of hydrogen-bond donors (Lipinski definition) is 1. The molecule has 0 radical (unpaired) electrons. The minimum absolute atomic E-state index is 0.0740. The number of anilines is 1. The predicted octanol–water partition coefficient (Wildman–Crippen LogP) is 3.42. The third-order valence-corrected chi connectivity index (χ3v) is 6.20. The second kappa shape index (κ2) is 6.60. The fraction of sp³-hybridized carbons (Fsp3) is 0.583. The summed E-state index contributed by atoms with van der Waals surface area (Å²) in [6.45, 7) is 0. The van der Waals surface area contributed by atoms with E-state index in [1.807, 2.05) is 0 Å². The zero-order valence-corrected chi connectivity index (χ0v) is 14.3. The number of rotatable bonds is 4. The summed E-state index contributed by atoms with van der Waals surface area (Å²) < 4.78 is 29.2. The van der Waals surface area contributed by atoms with Crippen LogP contribution in [0.4, 0.5) is 5.69 Å². The van der Waals surface area contributed by atoms with Crippen LogP contribution in [0.1, 0.15) is 32.1 Å². The van der Waals surface area contributed by atoms with Crippen molar-refractivity contribution in [3.63, 3.8) is 0 Å². The van der Waals surface area contributed by atoms with E-state index in [0.717, 1.165) is 25.7 Å². The molecule has 0 atom stereocenters. The summed E-state index contributed by atoms with van der Waals surface area (Å²) in [4.78, 5) is 3.91. The molecule has 1 fully saturated rings. The third-order valence-electron chi connectivity index (χ3n) is 3.51. The van der Waals surface area contributed by atoms with Crippen LogP contribution in [0.25, 0.3) is 0 Å². The molecule has 1 aromatic heterocycles. The van der Waals surface area contributed by atoms with Crippen LogP contribution in [0.5, 0.6) is 0 Å². The Balaban J connectivity index is 2.11. The van der Waals surface area contributed by atoms with Crippen LogP contribution in [0.15, 0.2) is 16.7 Å². The average Bonchev–Trinajstić information content (AvgIpc) is 2.43. The molecule has 112 valence electrons. The molecule has 1 aromatic rings. The normalized spacial score (nSPS) is 17.4. The highest BCUT2D eigenvalue weighted by atomic mass is 79.9. The van der Waals surface area contributed by atoms with Gasteiger partial charge in [-0.15, -0.1) is 0 Å². The van der Waals surface area contributed by atoms with Gasteiger partial charge in [-0.05, 0) is 34.8 Å². The Labute approximate surface area is 133 Å². The lowest BCUT2D eigenvalue weighted by atomic mass is 9.96. The number of halogens is 2. The minimum Gasteiger partial charge on any atom is -0.269 e. The van der Waals surface area contributed by atoms with Gasteiger partial charge >= 0.3 is 10.2 Å². The second-order valence-electron chi connectivity index (χ2n) is 4.91. The molecule has 1 heterocycles. The summed E-state index contributed by atoms with van der Waals surface area (Å²) in [5.74, 6) is 0. The van der Waals surface area contributed by atoms with Gasteiger partial charge in [0.05, 0.1) is 16.4 Å². The largest absolute Gasteiger partial charge is 0.301 e. The van der Waals surface area contributed by atoms with Gasteiger partial charge in [0.15, 0.2) is 0 Å². The van der Waals surface area contributed by atoms with Crippen LogP contribution in [0, 0.1) is 0 Å². The van der Waals surface area contributed by atoms with Gasteiger partial charge in [0.1, 0.15) is 5.15 Å². The predicted molar refractivity (Wildman–Crippen MR) is 84.1 cm³/mol. The topological polar surface area (TPSA) is 62.3 Å². The SMILES string of the molecule is CN(C1CCCCC1)S(=O)(=O)Nc1cnc(Cl)c(Br)c1. The summed E-state index contributed by atoms with van der Waals surface area (Å²) in [5.41, 5.74) is 0.393. The van der Waals surface area contributed by atoms with Gasteiger partial charge in [-0.2, -0.15) is 12.7 Å². The third kappa shape index (κ3) is 3.84. The molecule has 0 unspecified atom stereocenters. The summed E-state index contributed by atoms with van der Waals surface area (Å²) in [5, 5.41) is 0.300. The zero-order chi connectivity index (χ0) is 14.8. The highest BCUT2D eigenvalue weighted by Crippen LogP contribution is 2.26. The monoisotopic (exact) mass is 381 g/mol. The van der Waals surface area contributed by atoms with Gasteiger partial charge in [-0.1, -0.05) is 30.9 Å². The molecule has 0 aliphatic heterocycles. The number of hydrogen-bond acceptors (Lipinski definition) is 3. The first-order chi connectivity index (χ1) is 9.40. The first-order valence-electron chi connectivity index (χ1n) is 6.47. The number of pyridine rings is 1. The summed E-state index contributed by atoms with van der Waals surface area (Å²) >= 11 is 9.01. The van der Waals surface area contributed by atoms with E-state index in [4.69, 9.17) is 11.6 Å². The van der Waals surface area contributed by atoms with E-state index in [1.165, 1.54) is 16.9 Å². The van der Waals surface area contributed by atoms with Crippen molar-refractivity contribution in [2.45, 2.75) is 38.1 Å². The maximum absolute atomic E-state index is 12.3. The molecule has 5 nitrogen and oxygen atoms in total. The summed E-state index contributed by atoms with van der Waals surface area (Å²) in [6, 6.07) is 1.67. The van der Waals surface area contributed by atoms with Crippen molar-refractivity contribution in [3.8, 4) is 0 Å². The standard InChI is InChI=1S/C12H17BrClN3O2S/c1-17(10-5-3-2-4-6-10)20(18,19)16-9-7-11(13)12(14)15-8-9/h7-8,10,16H,2-6H2,1H3. The minimum atomic E-state index is -3.56.